The van der Waals surface area contributed by atoms with E-state index in [1.54, 1.807) is 7.11 Å². The summed E-state index contributed by atoms with van der Waals surface area (Å²) in [5, 5.41) is 18.4. The number of nitrogens with zero attached hydrogens (tertiary/aromatic N) is 1. The molecule has 0 aromatic heterocycles. The van der Waals surface area contributed by atoms with Crippen LogP contribution in [0.1, 0.15) is 32.1 Å². The van der Waals surface area contributed by atoms with Gasteiger partial charge in [0.25, 0.3) is 0 Å². The first kappa shape index (κ1) is 10.5. The maximum atomic E-state index is 9.83. The zero-order valence-corrected chi connectivity index (χ0v) is 8.12. The van der Waals surface area contributed by atoms with Gasteiger partial charge in [-0.05, 0) is 12.8 Å². The Kier molecular flexibility index (Phi) is 3.71. The van der Waals surface area contributed by atoms with Gasteiger partial charge in [0.15, 0.2) is 0 Å². The molecule has 0 heterocycles. The number of rotatable bonds is 4. The van der Waals surface area contributed by atoms with E-state index >= 15 is 0 Å². The van der Waals surface area contributed by atoms with Crippen molar-refractivity contribution < 1.29 is 9.84 Å². The van der Waals surface area contributed by atoms with E-state index in [-0.39, 0.29) is 11.8 Å². The van der Waals surface area contributed by atoms with Crippen molar-refractivity contribution >= 4 is 0 Å². The van der Waals surface area contributed by atoms with E-state index in [1.807, 2.05) is 6.07 Å². The molecule has 0 aromatic rings. The van der Waals surface area contributed by atoms with Crippen molar-refractivity contribution in [3.63, 3.8) is 0 Å². The van der Waals surface area contributed by atoms with Gasteiger partial charge in [0.05, 0.1) is 25.2 Å². The summed E-state index contributed by atoms with van der Waals surface area (Å²) in [4.78, 5) is 0. The zero-order chi connectivity index (χ0) is 9.73. The average Bonchev–Trinajstić information content (AvgIpc) is 2.55. The van der Waals surface area contributed by atoms with Crippen LogP contribution in [0.25, 0.3) is 0 Å². The number of hydrogen-bond donors (Lipinski definition) is 1. The zero-order valence-electron chi connectivity index (χ0n) is 8.12. The van der Waals surface area contributed by atoms with Crippen molar-refractivity contribution in [1.29, 1.82) is 5.26 Å². The van der Waals surface area contributed by atoms with Crippen LogP contribution in [0.3, 0.4) is 0 Å². The Balaban J connectivity index is 2.60. The van der Waals surface area contributed by atoms with Crippen LogP contribution in [0.4, 0.5) is 0 Å². The molecular weight excluding hydrogens is 166 g/mol. The molecule has 1 fully saturated rings. The molecule has 1 N–H and O–H groups in total. The molecular formula is C10H17NO2. The second-order valence-corrected chi connectivity index (χ2v) is 3.88. The van der Waals surface area contributed by atoms with Crippen molar-refractivity contribution in [3.05, 3.63) is 0 Å². The van der Waals surface area contributed by atoms with Gasteiger partial charge in [-0.25, -0.2) is 0 Å². The number of methoxy groups -OCH3 is 1. The molecule has 0 amide bonds. The number of hydrogen-bond acceptors (Lipinski definition) is 3. The molecule has 1 rings (SSSR count). The first-order valence-corrected chi connectivity index (χ1v) is 4.79. The molecule has 0 aliphatic heterocycles. The topological polar surface area (TPSA) is 53.2 Å². The maximum absolute atomic E-state index is 9.83. The second-order valence-electron chi connectivity index (χ2n) is 3.88. The summed E-state index contributed by atoms with van der Waals surface area (Å²) in [6, 6.07) is 2.02. The van der Waals surface area contributed by atoms with Crippen LogP contribution in [0, 0.1) is 16.7 Å². The highest BCUT2D eigenvalue weighted by molar-refractivity contribution is 4.94. The minimum atomic E-state index is -0.514. The van der Waals surface area contributed by atoms with Gasteiger partial charge in [0.2, 0.25) is 0 Å². The van der Waals surface area contributed by atoms with E-state index in [4.69, 9.17) is 10.00 Å². The number of aliphatic hydroxyl groups is 1. The highest BCUT2D eigenvalue weighted by atomic mass is 16.5. The van der Waals surface area contributed by atoms with Crippen LogP contribution in [-0.2, 0) is 4.74 Å². The van der Waals surface area contributed by atoms with E-state index in [1.165, 1.54) is 0 Å². The third kappa shape index (κ3) is 2.20. The Morgan fingerprint density at radius 2 is 2.15 bits per heavy atom. The summed E-state index contributed by atoms with van der Waals surface area (Å²) in [6.45, 7) is 0.579. The van der Waals surface area contributed by atoms with Crippen molar-refractivity contribution in [1.82, 2.24) is 0 Å². The summed E-state index contributed by atoms with van der Waals surface area (Å²) in [5.74, 6) is 0. The summed E-state index contributed by atoms with van der Waals surface area (Å²) >= 11 is 0. The van der Waals surface area contributed by atoms with Gasteiger partial charge in [0, 0.05) is 12.5 Å². The number of ether oxygens (including phenoxy) is 1. The summed E-state index contributed by atoms with van der Waals surface area (Å²) in [5.41, 5.74) is -0.134. The number of aliphatic hydroxyl groups excluding tert-OH is 1. The SMILES string of the molecule is COCC1(C(O)CC#N)CCCC1. The van der Waals surface area contributed by atoms with Gasteiger partial charge in [-0.1, -0.05) is 12.8 Å². The molecule has 1 aliphatic rings. The van der Waals surface area contributed by atoms with Crippen molar-refractivity contribution in [2.45, 2.75) is 38.2 Å². The molecule has 74 valence electrons. The van der Waals surface area contributed by atoms with Gasteiger partial charge in [-0.2, -0.15) is 5.26 Å². The minimum Gasteiger partial charge on any atom is -0.391 e. The lowest BCUT2D eigenvalue weighted by molar-refractivity contribution is -0.0252. The fourth-order valence-corrected chi connectivity index (χ4v) is 2.24. The minimum absolute atomic E-state index is 0.134. The van der Waals surface area contributed by atoms with Crippen LogP contribution in [-0.4, -0.2) is 24.9 Å². The highest BCUT2D eigenvalue weighted by Gasteiger charge is 2.40. The standard InChI is InChI=1S/C10H17NO2/c1-13-8-10(5-2-3-6-10)9(12)4-7-11/h9,12H,2-6,8H2,1H3. The molecule has 1 unspecified atom stereocenters. The van der Waals surface area contributed by atoms with E-state index in [2.05, 4.69) is 0 Å². The van der Waals surface area contributed by atoms with Gasteiger partial charge < -0.3 is 9.84 Å². The van der Waals surface area contributed by atoms with Crippen molar-refractivity contribution in [2.75, 3.05) is 13.7 Å². The largest absolute Gasteiger partial charge is 0.391 e. The summed E-state index contributed by atoms with van der Waals surface area (Å²) < 4.78 is 5.13. The van der Waals surface area contributed by atoms with Crippen LogP contribution in [0.5, 0.6) is 0 Å². The fourth-order valence-electron chi connectivity index (χ4n) is 2.24. The van der Waals surface area contributed by atoms with E-state index in [0.717, 1.165) is 25.7 Å². The Morgan fingerprint density at radius 3 is 2.62 bits per heavy atom. The van der Waals surface area contributed by atoms with Crippen LogP contribution < -0.4 is 0 Å². The highest BCUT2D eigenvalue weighted by Crippen LogP contribution is 2.42. The van der Waals surface area contributed by atoms with Crippen LogP contribution in [0.2, 0.25) is 0 Å². The smallest absolute Gasteiger partial charge is 0.0748 e. The van der Waals surface area contributed by atoms with E-state index in [9.17, 15) is 5.11 Å². The molecule has 1 atom stereocenters. The Hall–Kier alpha value is -0.590. The van der Waals surface area contributed by atoms with E-state index < -0.39 is 6.10 Å². The molecule has 13 heavy (non-hydrogen) atoms. The molecule has 0 radical (unpaired) electrons. The molecule has 1 aliphatic carbocycles. The predicted molar refractivity (Wildman–Crippen MR) is 49.0 cm³/mol. The molecule has 0 bridgehead atoms. The van der Waals surface area contributed by atoms with Gasteiger partial charge >= 0.3 is 0 Å². The third-order valence-corrected chi connectivity index (χ3v) is 3.02. The molecule has 0 saturated heterocycles. The molecule has 0 aromatic carbocycles. The average molecular weight is 183 g/mol. The van der Waals surface area contributed by atoms with Crippen molar-refractivity contribution in [2.24, 2.45) is 5.41 Å². The van der Waals surface area contributed by atoms with Gasteiger partial charge in [-0.3, -0.25) is 0 Å². The Morgan fingerprint density at radius 1 is 1.54 bits per heavy atom. The Bertz CT molecular complexity index is 192. The first-order chi connectivity index (χ1) is 6.25. The van der Waals surface area contributed by atoms with Gasteiger partial charge in [-0.15, -0.1) is 0 Å². The van der Waals surface area contributed by atoms with Crippen LogP contribution >= 0.6 is 0 Å². The molecule has 3 nitrogen and oxygen atoms in total. The molecule has 0 spiro atoms. The predicted octanol–water partition coefficient (Wildman–Crippen LogP) is 1.47. The molecule has 1 saturated carbocycles. The fraction of sp³-hybridized carbons (Fsp3) is 0.900. The van der Waals surface area contributed by atoms with Crippen LogP contribution in [0.15, 0.2) is 0 Å². The lowest BCUT2D eigenvalue weighted by atomic mass is 9.80. The quantitative estimate of drug-likeness (QED) is 0.718. The maximum Gasteiger partial charge on any atom is 0.0748 e. The lowest BCUT2D eigenvalue weighted by Crippen LogP contribution is -2.36. The normalized spacial score (nSPS) is 22.5. The molecule has 3 heteroatoms. The Labute approximate surface area is 79.3 Å². The first-order valence-electron chi connectivity index (χ1n) is 4.79. The monoisotopic (exact) mass is 183 g/mol. The van der Waals surface area contributed by atoms with Crippen molar-refractivity contribution in [3.8, 4) is 6.07 Å². The second kappa shape index (κ2) is 4.59. The third-order valence-electron chi connectivity index (χ3n) is 3.02. The van der Waals surface area contributed by atoms with E-state index in [0.29, 0.717) is 6.61 Å². The number of nitriles is 1. The summed E-state index contributed by atoms with van der Waals surface area (Å²) in [7, 11) is 1.65. The lowest BCUT2D eigenvalue weighted by Gasteiger charge is -2.32. The van der Waals surface area contributed by atoms with Gasteiger partial charge in [0.1, 0.15) is 0 Å². The summed E-state index contributed by atoms with van der Waals surface area (Å²) in [6.07, 6.45) is 3.98.